The minimum atomic E-state index is -0.370. The molecule has 0 amide bonds. The van der Waals surface area contributed by atoms with E-state index in [1.54, 1.807) is 18.2 Å². The highest BCUT2D eigenvalue weighted by atomic mass is 35.5. The van der Waals surface area contributed by atoms with Crippen LogP contribution in [0.1, 0.15) is 38.1 Å². The van der Waals surface area contributed by atoms with E-state index in [0.717, 1.165) is 19.6 Å². The number of anilines is 1. The van der Waals surface area contributed by atoms with Crippen molar-refractivity contribution in [3.63, 3.8) is 0 Å². The summed E-state index contributed by atoms with van der Waals surface area (Å²) in [6.45, 7) is 11.8. The van der Waals surface area contributed by atoms with E-state index >= 15 is 0 Å². The largest absolute Gasteiger partial charge is 0.492 e. The van der Waals surface area contributed by atoms with Gasteiger partial charge in [0.1, 0.15) is 17.9 Å². The van der Waals surface area contributed by atoms with Gasteiger partial charge in [-0.05, 0) is 31.1 Å². The van der Waals surface area contributed by atoms with Gasteiger partial charge >= 0.3 is 5.97 Å². The number of benzene rings is 1. The van der Waals surface area contributed by atoms with Crippen molar-refractivity contribution in [1.82, 2.24) is 4.90 Å². The van der Waals surface area contributed by atoms with Crippen molar-refractivity contribution in [3.8, 4) is 5.75 Å². The number of carbonyl (C=O) groups excluding carboxylic acids is 1. The molecule has 0 saturated heterocycles. The second-order valence-electron chi connectivity index (χ2n) is 5.62. The number of ether oxygens (including phenoxy) is 2. The van der Waals surface area contributed by atoms with Crippen LogP contribution in [0, 0.1) is 5.92 Å². The molecular formula is C17H29ClN2O3. The van der Waals surface area contributed by atoms with Gasteiger partial charge in [0.05, 0.1) is 6.61 Å². The van der Waals surface area contributed by atoms with E-state index in [1.807, 2.05) is 13.8 Å². The predicted molar refractivity (Wildman–Crippen MR) is 96.5 cm³/mol. The highest BCUT2D eigenvalue weighted by Gasteiger charge is 2.15. The van der Waals surface area contributed by atoms with Crippen LogP contribution in [-0.2, 0) is 4.74 Å². The molecular weight excluding hydrogens is 316 g/mol. The SMILES string of the molecule is CCN(CC)CCOC(=O)c1ccc(N)cc1OCC(C)C.Cl. The quantitative estimate of drug-likeness (QED) is 0.550. The molecule has 0 aliphatic rings. The summed E-state index contributed by atoms with van der Waals surface area (Å²) in [5, 5.41) is 0. The standard InChI is InChI=1S/C17H28N2O3.ClH/c1-5-19(6-2)9-10-21-17(20)15-8-7-14(18)11-16(15)22-12-13(3)4;/h7-8,11,13H,5-6,9-10,12,18H2,1-4H3;1H. The van der Waals surface area contributed by atoms with E-state index in [0.29, 0.717) is 36.1 Å². The molecule has 132 valence electrons. The molecule has 0 aliphatic heterocycles. The van der Waals surface area contributed by atoms with Crippen LogP contribution in [0.25, 0.3) is 0 Å². The van der Waals surface area contributed by atoms with Gasteiger partial charge in [0, 0.05) is 18.3 Å². The topological polar surface area (TPSA) is 64.8 Å². The Balaban J connectivity index is 0.00000484. The number of esters is 1. The maximum absolute atomic E-state index is 12.2. The molecule has 0 unspecified atom stereocenters. The Labute approximate surface area is 145 Å². The van der Waals surface area contributed by atoms with E-state index in [9.17, 15) is 4.79 Å². The second-order valence-corrected chi connectivity index (χ2v) is 5.62. The van der Waals surface area contributed by atoms with E-state index in [2.05, 4.69) is 18.7 Å². The van der Waals surface area contributed by atoms with E-state index in [4.69, 9.17) is 15.2 Å². The number of nitrogen functional groups attached to an aromatic ring is 1. The number of nitrogens with two attached hydrogens (primary N) is 1. The third kappa shape index (κ3) is 7.57. The van der Waals surface area contributed by atoms with Crippen molar-refractivity contribution in [2.45, 2.75) is 27.7 Å². The summed E-state index contributed by atoms with van der Waals surface area (Å²) >= 11 is 0. The first-order valence-electron chi connectivity index (χ1n) is 7.89. The molecule has 0 heterocycles. The van der Waals surface area contributed by atoms with Gasteiger partial charge in [-0.15, -0.1) is 12.4 Å². The Hall–Kier alpha value is -1.46. The lowest BCUT2D eigenvalue weighted by molar-refractivity contribution is 0.0461. The van der Waals surface area contributed by atoms with Crippen molar-refractivity contribution in [2.75, 3.05) is 38.6 Å². The number of likely N-dealkylation sites (N-methyl/N-ethyl adjacent to an activating group) is 1. The van der Waals surface area contributed by atoms with Gasteiger partial charge in [0.2, 0.25) is 0 Å². The number of hydrogen-bond donors (Lipinski definition) is 1. The summed E-state index contributed by atoms with van der Waals surface area (Å²) in [6, 6.07) is 5.01. The van der Waals surface area contributed by atoms with Crippen LogP contribution in [0.2, 0.25) is 0 Å². The van der Waals surface area contributed by atoms with Crippen LogP contribution < -0.4 is 10.5 Å². The molecule has 0 bridgehead atoms. The highest BCUT2D eigenvalue weighted by Crippen LogP contribution is 2.23. The monoisotopic (exact) mass is 344 g/mol. The lowest BCUT2D eigenvalue weighted by Gasteiger charge is -2.18. The Morgan fingerprint density at radius 2 is 1.91 bits per heavy atom. The molecule has 23 heavy (non-hydrogen) atoms. The van der Waals surface area contributed by atoms with Crippen molar-refractivity contribution < 1.29 is 14.3 Å². The molecule has 1 rings (SSSR count). The molecule has 0 spiro atoms. The fourth-order valence-corrected chi connectivity index (χ4v) is 1.97. The van der Waals surface area contributed by atoms with Gasteiger partial charge in [-0.1, -0.05) is 27.7 Å². The number of nitrogens with zero attached hydrogens (tertiary/aromatic N) is 1. The van der Waals surface area contributed by atoms with Crippen LogP contribution in [0.5, 0.6) is 5.75 Å². The molecule has 1 aromatic carbocycles. The van der Waals surface area contributed by atoms with Crippen molar-refractivity contribution in [1.29, 1.82) is 0 Å². The van der Waals surface area contributed by atoms with E-state index < -0.39 is 0 Å². The number of carbonyl (C=O) groups is 1. The average Bonchev–Trinajstić information content (AvgIpc) is 2.49. The molecule has 0 aliphatic carbocycles. The summed E-state index contributed by atoms with van der Waals surface area (Å²) in [5.41, 5.74) is 6.76. The maximum Gasteiger partial charge on any atom is 0.341 e. The Kier molecular flexibility index (Phi) is 10.4. The first-order valence-corrected chi connectivity index (χ1v) is 7.89. The number of halogens is 1. The van der Waals surface area contributed by atoms with Crippen molar-refractivity contribution in [2.24, 2.45) is 5.92 Å². The predicted octanol–water partition coefficient (Wildman–Crippen LogP) is 3.22. The van der Waals surface area contributed by atoms with Crippen LogP contribution in [-0.4, -0.2) is 43.7 Å². The average molecular weight is 345 g/mol. The summed E-state index contributed by atoms with van der Waals surface area (Å²) in [4.78, 5) is 14.4. The molecule has 0 saturated carbocycles. The first kappa shape index (κ1) is 21.5. The highest BCUT2D eigenvalue weighted by molar-refractivity contribution is 5.93. The fourth-order valence-electron chi connectivity index (χ4n) is 1.97. The molecule has 0 radical (unpaired) electrons. The zero-order chi connectivity index (χ0) is 16.5. The van der Waals surface area contributed by atoms with Gasteiger partial charge in [-0.2, -0.15) is 0 Å². The number of hydrogen-bond acceptors (Lipinski definition) is 5. The summed E-state index contributed by atoms with van der Waals surface area (Å²) in [7, 11) is 0. The molecule has 0 atom stereocenters. The lowest BCUT2D eigenvalue weighted by Crippen LogP contribution is -2.28. The molecule has 0 aromatic heterocycles. The molecule has 2 N–H and O–H groups in total. The summed E-state index contributed by atoms with van der Waals surface area (Å²) < 4.78 is 11.0. The fraction of sp³-hybridized carbons (Fsp3) is 0.588. The zero-order valence-corrected chi connectivity index (χ0v) is 15.3. The first-order chi connectivity index (χ1) is 10.5. The van der Waals surface area contributed by atoms with Crippen LogP contribution in [0.3, 0.4) is 0 Å². The minimum Gasteiger partial charge on any atom is -0.492 e. The second kappa shape index (κ2) is 11.1. The Morgan fingerprint density at radius 3 is 2.48 bits per heavy atom. The third-order valence-electron chi connectivity index (χ3n) is 3.33. The maximum atomic E-state index is 12.2. The van der Waals surface area contributed by atoms with Gasteiger partial charge in [0.15, 0.2) is 0 Å². The molecule has 0 fully saturated rings. The Bertz CT molecular complexity index is 477. The molecule has 5 nitrogen and oxygen atoms in total. The van der Waals surface area contributed by atoms with Crippen LogP contribution in [0.15, 0.2) is 18.2 Å². The van der Waals surface area contributed by atoms with E-state index in [-0.39, 0.29) is 18.4 Å². The van der Waals surface area contributed by atoms with Crippen LogP contribution >= 0.6 is 12.4 Å². The van der Waals surface area contributed by atoms with E-state index in [1.165, 1.54) is 0 Å². The van der Waals surface area contributed by atoms with Gasteiger partial charge in [0.25, 0.3) is 0 Å². The van der Waals surface area contributed by atoms with Gasteiger partial charge in [-0.25, -0.2) is 4.79 Å². The van der Waals surface area contributed by atoms with Crippen molar-refractivity contribution in [3.05, 3.63) is 23.8 Å². The van der Waals surface area contributed by atoms with Gasteiger partial charge < -0.3 is 20.1 Å². The minimum absolute atomic E-state index is 0. The molecule has 6 heteroatoms. The summed E-state index contributed by atoms with van der Waals surface area (Å²) in [6.07, 6.45) is 0. The third-order valence-corrected chi connectivity index (χ3v) is 3.33. The van der Waals surface area contributed by atoms with Gasteiger partial charge in [-0.3, -0.25) is 0 Å². The Morgan fingerprint density at radius 1 is 1.26 bits per heavy atom. The molecule has 1 aromatic rings. The smallest absolute Gasteiger partial charge is 0.341 e. The van der Waals surface area contributed by atoms with Crippen molar-refractivity contribution >= 4 is 24.1 Å². The zero-order valence-electron chi connectivity index (χ0n) is 14.5. The normalized spacial score (nSPS) is 10.5. The lowest BCUT2D eigenvalue weighted by atomic mass is 10.1. The number of rotatable bonds is 9. The van der Waals surface area contributed by atoms with Crippen LogP contribution in [0.4, 0.5) is 5.69 Å². The summed E-state index contributed by atoms with van der Waals surface area (Å²) in [5.74, 6) is 0.486.